The molecule has 0 spiro atoms. The van der Waals surface area contributed by atoms with Gasteiger partial charge < -0.3 is 5.73 Å². The summed E-state index contributed by atoms with van der Waals surface area (Å²) in [5, 5.41) is 0. The number of benzene rings is 2. The molecule has 3 rings (SSSR count). The van der Waals surface area contributed by atoms with Gasteiger partial charge in [-0.1, -0.05) is 61.7 Å². The second-order valence-corrected chi connectivity index (χ2v) is 5.54. The molecule has 1 aliphatic carbocycles. The number of hydrogen-bond acceptors (Lipinski definition) is 1. The van der Waals surface area contributed by atoms with E-state index in [1.807, 2.05) is 18.2 Å². The zero-order valence-corrected chi connectivity index (χ0v) is 11.3. The summed E-state index contributed by atoms with van der Waals surface area (Å²) in [4.78, 5) is 0. The Hall–Kier alpha value is -1.76. The summed E-state index contributed by atoms with van der Waals surface area (Å²) in [6.07, 6.45) is 6.89. The lowest BCUT2D eigenvalue weighted by Gasteiger charge is -2.22. The van der Waals surface area contributed by atoms with Crippen LogP contribution in [0.5, 0.6) is 0 Å². The topological polar surface area (TPSA) is 26.0 Å². The molecule has 1 nitrogen and oxygen atoms in total. The van der Waals surface area contributed by atoms with Crippen LogP contribution in [-0.2, 0) is 0 Å². The molecule has 1 fully saturated rings. The number of nitrogens with two attached hydrogens (primary N) is 1. The van der Waals surface area contributed by atoms with Gasteiger partial charge in [0.25, 0.3) is 0 Å². The lowest BCUT2D eigenvalue weighted by Crippen LogP contribution is -2.04. The van der Waals surface area contributed by atoms with Crippen LogP contribution in [0.3, 0.4) is 0 Å². The molecule has 0 atom stereocenters. The molecule has 0 unspecified atom stereocenters. The van der Waals surface area contributed by atoms with E-state index >= 15 is 0 Å². The van der Waals surface area contributed by atoms with Gasteiger partial charge in [-0.2, -0.15) is 0 Å². The Kier molecular flexibility index (Phi) is 3.54. The van der Waals surface area contributed by atoms with Crippen LogP contribution >= 0.6 is 0 Å². The van der Waals surface area contributed by atoms with Gasteiger partial charge in [-0.3, -0.25) is 0 Å². The fourth-order valence-electron chi connectivity index (χ4n) is 3.13. The molecule has 1 heteroatoms. The molecule has 0 bridgehead atoms. The van der Waals surface area contributed by atoms with Crippen molar-refractivity contribution in [2.24, 2.45) is 0 Å². The number of nitrogen functional groups attached to an aromatic ring is 1. The maximum Gasteiger partial charge on any atom is 0.0393 e. The van der Waals surface area contributed by atoms with Crippen LogP contribution < -0.4 is 5.73 Å². The highest BCUT2D eigenvalue weighted by Gasteiger charge is 2.15. The molecule has 0 saturated heterocycles. The van der Waals surface area contributed by atoms with E-state index in [0.717, 1.165) is 17.2 Å². The van der Waals surface area contributed by atoms with Crippen LogP contribution in [-0.4, -0.2) is 0 Å². The van der Waals surface area contributed by atoms with Crippen LogP contribution in [0.2, 0.25) is 0 Å². The molecular weight excluding hydrogens is 230 g/mol. The molecular formula is C18H21N. The zero-order valence-electron chi connectivity index (χ0n) is 11.3. The summed E-state index contributed by atoms with van der Waals surface area (Å²) < 4.78 is 0. The Balaban J connectivity index is 1.84. The van der Waals surface area contributed by atoms with Crippen molar-refractivity contribution in [1.29, 1.82) is 0 Å². The molecule has 2 aromatic rings. The summed E-state index contributed by atoms with van der Waals surface area (Å²) in [5.41, 5.74) is 10.7. The normalized spacial score (nSPS) is 16.4. The third-order valence-corrected chi connectivity index (χ3v) is 4.26. The highest BCUT2D eigenvalue weighted by atomic mass is 14.6. The molecule has 2 N–H and O–H groups in total. The Morgan fingerprint density at radius 3 is 2.16 bits per heavy atom. The first-order valence-electron chi connectivity index (χ1n) is 7.29. The molecule has 2 aromatic carbocycles. The van der Waals surface area contributed by atoms with Crippen LogP contribution in [0.4, 0.5) is 5.69 Å². The Morgan fingerprint density at radius 1 is 0.789 bits per heavy atom. The predicted octanol–water partition coefficient (Wildman–Crippen LogP) is 4.98. The van der Waals surface area contributed by atoms with Crippen LogP contribution in [0, 0.1) is 0 Å². The SMILES string of the molecule is Nc1ccccc1-c1ccc(C2CCCCC2)cc1. The van der Waals surface area contributed by atoms with Gasteiger partial charge in [0.2, 0.25) is 0 Å². The zero-order chi connectivity index (χ0) is 13.1. The van der Waals surface area contributed by atoms with Gasteiger partial charge in [0.15, 0.2) is 0 Å². The first kappa shape index (κ1) is 12.3. The van der Waals surface area contributed by atoms with Crippen molar-refractivity contribution in [3.63, 3.8) is 0 Å². The quantitative estimate of drug-likeness (QED) is 0.748. The number of anilines is 1. The average Bonchev–Trinajstić information content (AvgIpc) is 2.49. The minimum atomic E-state index is 0.774. The minimum Gasteiger partial charge on any atom is -0.398 e. The van der Waals surface area contributed by atoms with E-state index in [1.165, 1.54) is 43.2 Å². The highest BCUT2D eigenvalue weighted by Crippen LogP contribution is 2.34. The van der Waals surface area contributed by atoms with Crippen molar-refractivity contribution >= 4 is 5.69 Å². The van der Waals surface area contributed by atoms with Gasteiger partial charge in [-0.25, -0.2) is 0 Å². The largest absolute Gasteiger partial charge is 0.398 e. The molecule has 19 heavy (non-hydrogen) atoms. The van der Waals surface area contributed by atoms with Gasteiger partial charge in [0.05, 0.1) is 0 Å². The summed E-state index contributed by atoms with van der Waals surface area (Å²) in [5.74, 6) is 0.774. The van der Waals surface area contributed by atoms with E-state index in [1.54, 1.807) is 0 Å². The van der Waals surface area contributed by atoms with E-state index in [9.17, 15) is 0 Å². The molecule has 0 aromatic heterocycles. The fraction of sp³-hybridized carbons (Fsp3) is 0.333. The Labute approximate surface area is 115 Å². The van der Waals surface area contributed by atoms with Crippen molar-refractivity contribution in [3.05, 3.63) is 54.1 Å². The molecule has 1 saturated carbocycles. The van der Waals surface area contributed by atoms with Crippen molar-refractivity contribution in [2.75, 3.05) is 5.73 Å². The minimum absolute atomic E-state index is 0.774. The van der Waals surface area contributed by atoms with E-state index in [-0.39, 0.29) is 0 Å². The monoisotopic (exact) mass is 251 g/mol. The summed E-state index contributed by atoms with van der Waals surface area (Å²) in [7, 11) is 0. The first-order chi connectivity index (χ1) is 9.34. The lowest BCUT2D eigenvalue weighted by molar-refractivity contribution is 0.443. The molecule has 1 aliphatic rings. The van der Waals surface area contributed by atoms with Gasteiger partial charge in [0.1, 0.15) is 0 Å². The van der Waals surface area contributed by atoms with Crippen LogP contribution in [0.1, 0.15) is 43.6 Å². The molecule has 98 valence electrons. The average molecular weight is 251 g/mol. The maximum absolute atomic E-state index is 6.03. The van der Waals surface area contributed by atoms with Gasteiger partial charge in [0, 0.05) is 11.3 Å². The maximum atomic E-state index is 6.03. The van der Waals surface area contributed by atoms with E-state index < -0.39 is 0 Å². The van der Waals surface area contributed by atoms with Crippen molar-refractivity contribution in [2.45, 2.75) is 38.0 Å². The number of rotatable bonds is 2. The van der Waals surface area contributed by atoms with E-state index in [4.69, 9.17) is 5.73 Å². The van der Waals surface area contributed by atoms with Crippen molar-refractivity contribution in [3.8, 4) is 11.1 Å². The van der Waals surface area contributed by atoms with Crippen molar-refractivity contribution in [1.82, 2.24) is 0 Å². The molecule has 0 aliphatic heterocycles. The second kappa shape index (κ2) is 5.48. The van der Waals surface area contributed by atoms with E-state index in [0.29, 0.717) is 0 Å². The predicted molar refractivity (Wildman–Crippen MR) is 82.1 cm³/mol. The number of para-hydroxylation sites is 1. The van der Waals surface area contributed by atoms with Crippen molar-refractivity contribution < 1.29 is 0 Å². The first-order valence-corrected chi connectivity index (χ1v) is 7.29. The smallest absolute Gasteiger partial charge is 0.0393 e. The van der Waals surface area contributed by atoms with Crippen LogP contribution in [0.15, 0.2) is 48.5 Å². The fourth-order valence-corrected chi connectivity index (χ4v) is 3.13. The summed E-state index contributed by atoms with van der Waals surface area (Å²) in [6, 6.07) is 17.1. The standard InChI is InChI=1S/C18H21N/c19-18-9-5-4-8-17(18)16-12-10-15(11-13-16)14-6-2-1-3-7-14/h4-5,8-14H,1-3,6-7,19H2. The highest BCUT2D eigenvalue weighted by molar-refractivity contribution is 5.76. The second-order valence-electron chi connectivity index (χ2n) is 5.54. The molecule has 0 amide bonds. The summed E-state index contributed by atoms with van der Waals surface area (Å²) >= 11 is 0. The Bertz CT molecular complexity index is 536. The molecule has 0 heterocycles. The van der Waals surface area contributed by atoms with Gasteiger partial charge >= 0.3 is 0 Å². The Morgan fingerprint density at radius 2 is 1.47 bits per heavy atom. The number of hydrogen-bond donors (Lipinski definition) is 1. The van der Waals surface area contributed by atoms with Gasteiger partial charge in [-0.05, 0) is 36.0 Å². The van der Waals surface area contributed by atoms with E-state index in [2.05, 4.69) is 30.3 Å². The lowest BCUT2D eigenvalue weighted by atomic mass is 9.83. The third kappa shape index (κ3) is 2.65. The summed E-state index contributed by atoms with van der Waals surface area (Å²) in [6.45, 7) is 0. The van der Waals surface area contributed by atoms with Gasteiger partial charge in [-0.15, -0.1) is 0 Å². The molecule has 0 radical (unpaired) electrons. The van der Waals surface area contributed by atoms with Crippen LogP contribution in [0.25, 0.3) is 11.1 Å². The third-order valence-electron chi connectivity index (χ3n) is 4.26.